The van der Waals surface area contributed by atoms with Crippen LogP contribution in [0.2, 0.25) is 0 Å². The van der Waals surface area contributed by atoms with Crippen molar-refractivity contribution in [2.45, 2.75) is 45.7 Å². The number of aliphatic hydroxyl groups is 1. The highest BCUT2D eigenvalue weighted by atomic mass is 16.5. The predicted molar refractivity (Wildman–Crippen MR) is 123 cm³/mol. The van der Waals surface area contributed by atoms with E-state index in [9.17, 15) is 9.90 Å². The van der Waals surface area contributed by atoms with Crippen LogP contribution >= 0.6 is 0 Å². The Labute approximate surface area is 188 Å². The van der Waals surface area contributed by atoms with Crippen LogP contribution in [0.1, 0.15) is 59.1 Å². The summed E-state index contributed by atoms with van der Waals surface area (Å²) in [5.41, 5.74) is 7.57. The standard InChI is InChI=1S/C26H29N3O3/c1-26(2)13-21-22(14-26)27-28-24(21)17-6-9-20-18(12-17)15-29(25(20)31)23(10-11-30)16-4-7-19(32-3)8-5-16/h4-9,12,23,30H,10-11,13-15H2,1-3H3,(H,27,28)/t23-/m1/s1. The summed E-state index contributed by atoms with van der Waals surface area (Å²) in [6.45, 7) is 5.10. The summed E-state index contributed by atoms with van der Waals surface area (Å²) in [6, 6.07) is 13.6. The molecule has 1 aliphatic carbocycles. The average Bonchev–Trinajstić information content (AvgIpc) is 3.41. The van der Waals surface area contributed by atoms with Gasteiger partial charge in [-0.2, -0.15) is 5.10 Å². The van der Waals surface area contributed by atoms with Crippen LogP contribution in [0.15, 0.2) is 42.5 Å². The van der Waals surface area contributed by atoms with E-state index in [4.69, 9.17) is 4.74 Å². The molecule has 0 bridgehead atoms. The molecule has 1 atom stereocenters. The number of aromatic nitrogens is 2. The Morgan fingerprint density at radius 1 is 1.19 bits per heavy atom. The number of ether oxygens (including phenoxy) is 1. The zero-order valence-corrected chi connectivity index (χ0v) is 18.8. The number of carbonyl (C=O) groups is 1. The van der Waals surface area contributed by atoms with Crippen LogP contribution in [-0.2, 0) is 19.4 Å². The molecule has 0 saturated carbocycles. The Bertz CT molecular complexity index is 1160. The third kappa shape index (κ3) is 3.48. The molecule has 2 aromatic carbocycles. The summed E-state index contributed by atoms with van der Waals surface area (Å²) in [5.74, 6) is 0.779. The van der Waals surface area contributed by atoms with Crippen LogP contribution < -0.4 is 4.74 Å². The highest BCUT2D eigenvalue weighted by Gasteiger charge is 2.35. The van der Waals surface area contributed by atoms with E-state index in [2.05, 4.69) is 30.1 Å². The van der Waals surface area contributed by atoms with Crippen molar-refractivity contribution in [1.82, 2.24) is 15.1 Å². The minimum Gasteiger partial charge on any atom is -0.497 e. The van der Waals surface area contributed by atoms with Gasteiger partial charge in [0.25, 0.3) is 5.91 Å². The second-order valence-electron chi connectivity index (χ2n) is 9.65. The fraction of sp³-hybridized carbons (Fsp3) is 0.385. The molecule has 0 saturated heterocycles. The van der Waals surface area contributed by atoms with Gasteiger partial charge >= 0.3 is 0 Å². The second-order valence-corrected chi connectivity index (χ2v) is 9.65. The van der Waals surface area contributed by atoms with Crippen molar-refractivity contribution in [3.8, 4) is 17.0 Å². The van der Waals surface area contributed by atoms with Crippen LogP contribution in [-0.4, -0.2) is 39.8 Å². The van der Waals surface area contributed by atoms with E-state index >= 15 is 0 Å². The molecule has 3 aromatic rings. The van der Waals surface area contributed by atoms with Gasteiger partial charge in [-0.3, -0.25) is 9.89 Å². The number of aliphatic hydroxyl groups excluding tert-OH is 1. The van der Waals surface area contributed by atoms with Crippen LogP contribution in [0.3, 0.4) is 0 Å². The summed E-state index contributed by atoms with van der Waals surface area (Å²) in [5, 5.41) is 17.5. The van der Waals surface area contributed by atoms with E-state index in [0.29, 0.717) is 13.0 Å². The van der Waals surface area contributed by atoms with Gasteiger partial charge in [-0.05, 0) is 60.1 Å². The van der Waals surface area contributed by atoms with Gasteiger partial charge in [0.1, 0.15) is 5.75 Å². The number of nitrogens with one attached hydrogen (secondary N) is 1. The highest BCUT2D eigenvalue weighted by Crippen LogP contribution is 2.41. The molecule has 166 valence electrons. The summed E-state index contributed by atoms with van der Waals surface area (Å²) in [6.07, 6.45) is 2.50. The number of H-pyrrole nitrogens is 1. The van der Waals surface area contributed by atoms with E-state index in [1.165, 1.54) is 11.3 Å². The van der Waals surface area contributed by atoms with Crippen molar-refractivity contribution < 1.29 is 14.6 Å². The lowest BCUT2D eigenvalue weighted by molar-refractivity contribution is 0.0671. The average molecular weight is 432 g/mol. The molecular formula is C26H29N3O3. The van der Waals surface area contributed by atoms with Gasteiger partial charge in [0.15, 0.2) is 0 Å². The largest absolute Gasteiger partial charge is 0.497 e. The van der Waals surface area contributed by atoms with E-state index < -0.39 is 0 Å². The lowest BCUT2D eigenvalue weighted by Gasteiger charge is -2.28. The zero-order valence-electron chi connectivity index (χ0n) is 18.8. The van der Waals surface area contributed by atoms with Crippen LogP contribution in [0.25, 0.3) is 11.3 Å². The summed E-state index contributed by atoms with van der Waals surface area (Å²) >= 11 is 0. The lowest BCUT2D eigenvalue weighted by atomic mass is 9.90. The van der Waals surface area contributed by atoms with Gasteiger partial charge in [-0.1, -0.05) is 32.0 Å². The van der Waals surface area contributed by atoms with Crippen molar-refractivity contribution in [2.75, 3.05) is 13.7 Å². The normalized spacial score (nSPS) is 17.4. The Kier molecular flexibility index (Phi) is 5.05. The molecule has 0 radical (unpaired) electrons. The molecule has 0 spiro atoms. The maximum atomic E-state index is 13.3. The molecule has 5 rings (SSSR count). The number of rotatable bonds is 6. The highest BCUT2D eigenvalue weighted by molar-refractivity contribution is 5.99. The van der Waals surface area contributed by atoms with Gasteiger partial charge in [-0.15, -0.1) is 0 Å². The molecule has 2 heterocycles. The first-order valence-electron chi connectivity index (χ1n) is 11.2. The molecule has 1 aromatic heterocycles. The fourth-order valence-electron chi connectivity index (χ4n) is 5.19. The van der Waals surface area contributed by atoms with E-state index in [-0.39, 0.29) is 24.0 Å². The smallest absolute Gasteiger partial charge is 0.255 e. The molecule has 32 heavy (non-hydrogen) atoms. The fourth-order valence-corrected chi connectivity index (χ4v) is 5.19. The van der Waals surface area contributed by atoms with Gasteiger partial charge in [0, 0.05) is 35.5 Å². The third-order valence-electron chi connectivity index (χ3n) is 6.75. The number of hydrogen-bond donors (Lipinski definition) is 2. The summed E-state index contributed by atoms with van der Waals surface area (Å²) in [7, 11) is 1.63. The van der Waals surface area contributed by atoms with Gasteiger partial charge in [-0.25, -0.2) is 0 Å². The number of hydrogen-bond acceptors (Lipinski definition) is 4. The van der Waals surface area contributed by atoms with E-state index in [1.54, 1.807) is 7.11 Å². The second kappa shape index (κ2) is 7.78. The molecule has 6 nitrogen and oxygen atoms in total. The van der Waals surface area contributed by atoms with Crippen molar-refractivity contribution in [3.63, 3.8) is 0 Å². The minimum atomic E-state index is -0.190. The topological polar surface area (TPSA) is 78.5 Å². The molecule has 6 heteroatoms. The van der Waals surface area contributed by atoms with Crippen LogP contribution in [0.5, 0.6) is 5.75 Å². The number of aromatic amines is 1. The Morgan fingerprint density at radius 3 is 2.69 bits per heavy atom. The van der Waals surface area contributed by atoms with E-state index in [1.807, 2.05) is 41.3 Å². The molecule has 2 aliphatic rings. The minimum absolute atomic E-state index is 0.00853. The Balaban J connectivity index is 1.45. The monoisotopic (exact) mass is 431 g/mol. The van der Waals surface area contributed by atoms with Crippen LogP contribution in [0, 0.1) is 5.41 Å². The van der Waals surface area contributed by atoms with E-state index in [0.717, 1.165) is 46.5 Å². The molecule has 1 aliphatic heterocycles. The third-order valence-corrected chi connectivity index (χ3v) is 6.75. The van der Waals surface area contributed by atoms with Crippen molar-refractivity contribution in [2.24, 2.45) is 5.41 Å². The first-order valence-corrected chi connectivity index (χ1v) is 11.2. The lowest BCUT2D eigenvalue weighted by Crippen LogP contribution is -2.29. The summed E-state index contributed by atoms with van der Waals surface area (Å²) in [4.78, 5) is 15.1. The first kappa shape index (κ1) is 20.8. The van der Waals surface area contributed by atoms with Crippen LogP contribution in [0.4, 0.5) is 0 Å². The first-order chi connectivity index (χ1) is 15.4. The Morgan fingerprint density at radius 2 is 1.97 bits per heavy atom. The molecule has 0 fully saturated rings. The van der Waals surface area contributed by atoms with Gasteiger partial charge < -0.3 is 14.7 Å². The molecule has 1 amide bonds. The Hall–Kier alpha value is -3.12. The number of amides is 1. The predicted octanol–water partition coefficient (Wildman–Crippen LogP) is 4.29. The van der Waals surface area contributed by atoms with Gasteiger partial charge in [0.05, 0.1) is 18.8 Å². The SMILES string of the molecule is COc1ccc([C@@H](CCO)N2Cc3cc(-c4n[nH]c5c4CC(C)(C)C5)ccc3C2=O)cc1. The van der Waals surface area contributed by atoms with Crippen molar-refractivity contribution in [1.29, 1.82) is 0 Å². The quantitative estimate of drug-likeness (QED) is 0.610. The summed E-state index contributed by atoms with van der Waals surface area (Å²) < 4.78 is 5.26. The van der Waals surface area contributed by atoms with Crippen molar-refractivity contribution >= 4 is 5.91 Å². The molecule has 0 unspecified atom stereocenters. The molecule has 2 N–H and O–H groups in total. The zero-order chi connectivity index (χ0) is 22.5. The van der Waals surface area contributed by atoms with Gasteiger partial charge in [0.2, 0.25) is 0 Å². The molecular weight excluding hydrogens is 402 g/mol. The maximum absolute atomic E-state index is 13.3. The number of methoxy groups -OCH3 is 1. The number of carbonyl (C=O) groups excluding carboxylic acids is 1. The number of fused-ring (bicyclic) bond motifs is 2. The maximum Gasteiger partial charge on any atom is 0.255 e. The van der Waals surface area contributed by atoms with Crippen molar-refractivity contribution in [3.05, 3.63) is 70.4 Å². The number of benzene rings is 2. The number of nitrogens with zero attached hydrogens (tertiary/aromatic N) is 2.